The number of aromatic amines is 1. The van der Waals surface area contributed by atoms with Crippen LogP contribution in [0.3, 0.4) is 0 Å². The van der Waals surface area contributed by atoms with Crippen LogP contribution in [0.15, 0.2) is 43.2 Å². The normalized spacial score (nSPS) is 11.1. The highest BCUT2D eigenvalue weighted by Crippen LogP contribution is 2.33. The molecule has 0 aliphatic carbocycles. The van der Waals surface area contributed by atoms with Crippen LogP contribution in [0.5, 0.6) is 0 Å². The van der Waals surface area contributed by atoms with Gasteiger partial charge in [0, 0.05) is 23.3 Å². The Morgan fingerprint density at radius 3 is 2.95 bits per heavy atom. The van der Waals surface area contributed by atoms with Crippen LogP contribution in [0, 0.1) is 0 Å². The summed E-state index contributed by atoms with van der Waals surface area (Å²) in [6.07, 6.45) is 6.86. The molecule has 3 heterocycles. The predicted molar refractivity (Wildman–Crippen MR) is 90.1 cm³/mol. The molecule has 0 atom stereocenters. The lowest BCUT2D eigenvalue weighted by Crippen LogP contribution is -1.89. The quantitative estimate of drug-likeness (QED) is 0.407. The molecule has 3 aromatic heterocycles. The van der Waals surface area contributed by atoms with E-state index in [0.29, 0.717) is 0 Å². The molecule has 0 fully saturated rings. The summed E-state index contributed by atoms with van der Waals surface area (Å²) < 4.78 is 3.08. The summed E-state index contributed by atoms with van der Waals surface area (Å²) in [5, 5.41) is 1.98. The lowest BCUT2D eigenvalue weighted by molar-refractivity contribution is 1.21. The van der Waals surface area contributed by atoms with Gasteiger partial charge in [-0.3, -0.25) is 0 Å². The molecular formula is C14H9IN6. The molecule has 21 heavy (non-hydrogen) atoms. The molecule has 0 unspecified atom stereocenters. The Balaban J connectivity index is 1.99. The summed E-state index contributed by atoms with van der Waals surface area (Å²) in [5.74, 6) is 0.793. The average Bonchev–Trinajstić information content (AvgIpc) is 2.98. The third-order valence-corrected chi connectivity index (χ3v) is 3.89. The Morgan fingerprint density at radius 1 is 1.10 bits per heavy atom. The van der Waals surface area contributed by atoms with Crippen LogP contribution in [0.2, 0.25) is 0 Å². The largest absolute Gasteiger partial charge is 0.345 e. The fourth-order valence-electron chi connectivity index (χ4n) is 2.41. The van der Waals surface area contributed by atoms with Gasteiger partial charge in [0.15, 0.2) is 0 Å². The van der Waals surface area contributed by atoms with Crippen molar-refractivity contribution < 1.29 is 0 Å². The van der Waals surface area contributed by atoms with E-state index in [-0.39, 0.29) is 0 Å². The summed E-state index contributed by atoms with van der Waals surface area (Å²) in [5.41, 5.74) is 3.86. The zero-order valence-corrected chi connectivity index (χ0v) is 12.9. The molecule has 7 heteroatoms. The van der Waals surface area contributed by atoms with Crippen LogP contribution < -0.4 is 3.53 Å². The van der Waals surface area contributed by atoms with E-state index >= 15 is 0 Å². The van der Waals surface area contributed by atoms with Crippen molar-refractivity contribution in [3.05, 3.63) is 43.2 Å². The SMILES string of the molecule is INc1ncnc2[nH]cc(-c3ccc4ncncc4c3)c12. The molecule has 6 nitrogen and oxygen atoms in total. The summed E-state index contributed by atoms with van der Waals surface area (Å²) >= 11 is 2.08. The van der Waals surface area contributed by atoms with Gasteiger partial charge in [-0.05, 0) is 17.7 Å². The van der Waals surface area contributed by atoms with Crippen molar-refractivity contribution in [1.29, 1.82) is 0 Å². The van der Waals surface area contributed by atoms with Gasteiger partial charge in [0.2, 0.25) is 0 Å². The molecule has 4 aromatic rings. The number of anilines is 1. The first-order chi connectivity index (χ1) is 10.4. The first kappa shape index (κ1) is 12.5. The molecule has 4 rings (SSSR count). The summed E-state index contributed by atoms with van der Waals surface area (Å²) in [6, 6.07) is 6.11. The maximum Gasteiger partial charge on any atom is 0.148 e. The number of nitrogens with zero attached hydrogens (tertiary/aromatic N) is 4. The van der Waals surface area contributed by atoms with Gasteiger partial charge in [-0.1, -0.05) is 6.07 Å². The first-order valence-electron chi connectivity index (χ1n) is 6.25. The smallest absolute Gasteiger partial charge is 0.148 e. The van der Waals surface area contributed by atoms with Crippen molar-refractivity contribution in [3.63, 3.8) is 0 Å². The first-order valence-corrected chi connectivity index (χ1v) is 7.33. The number of rotatable bonds is 2. The molecule has 2 N–H and O–H groups in total. The fraction of sp³-hybridized carbons (Fsp3) is 0. The van der Waals surface area contributed by atoms with E-state index in [1.54, 1.807) is 6.33 Å². The highest BCUT2D eigenvalue weighted by atomic mass is 127. The topological polar surface area (TPSA) is 79.4 Å². The van der Waals surface area contributed by atoms with E-state index in [9.17, 15) is 0 Å². The summed E-state index contributed by atoms with van der Waals surface area (Å²) in [4.78, 5) is 20.0. The van der Waals surface area contributed by atoms with Crippen molar-refractivity contribution in [2.45, 2.75) is 0 Å². The van der Waals surface area contributed by atoms with Crippen molar-refractivity contribution >= 4 is 50.6 Å². The highest BCUT2D eigenvalue weighted by molar-refractivity contribution is 14.1. The van der Waals surface area contributed by atoms with E-state index in [4.69, 9.17) is 0 Å². The third-order valence-electron chi connectivity index (χ3n) is 3.37. The molecule has 0 saturated heterocycles. The van der Waals surface area contributed by atoms with Gasteiger partial charge >= 0.3 is 0 Å². The van der Waals surface area contributed by atoms with E-state index in [1.165, 1.54) is 6.33 Å². The fourth-order valence-corrected chi connectivity index (χ4v) is 2.82. The molecule has 1 aromatic carbocycles. The van der Waals surface area contributed by atoms with Crippen LogP contribution >= 0.6 is 22.9 Å². The van der Waals surface area contributed by atoms with E-state index in [0.717, 1.165) is 38.9 Å². The molecule has 0 aliphatic heterocycles. The van der Waals surface area contributed by atoms with Crippen LogP contribution in [0.1, 0.15) is 0 Å². The lowest BCUT2D eigenvalue weighted by Gasteiger charge is -2.04. The zero-order valence-electron chi connectivity index (χ0n) is 10.7. The molecule has 102 valence electrons. The van der Waals surface area contributed by atoms with E-state index in [1.807, 2.05) is 24.5 Å². The minimum atomic E-state index is 0.793. The molecule has 0 aliphatic rings. The molecule has 0 spiro atoms. The molecular weight excluding hydrogens is 379 g/mol. The second kappa shape index (κ2) is 4.92. The second-order valence-corrected chi connectivity index (χ2v) is 5.08. The van der Waals surface area contributed by atoms with Crippen molar-refractivity contribution in [2.75, 3.05) is 3.53 Å². The lowest BCUT2D eigenvalue weighted by atomic mass is 10.0. The minimum Gasteiger partial charge on any atom is -0.345 e. The number of nitrogens with one attached hydrogen (secondary N) is 2. The molecule has 0 radical (unpaired) electrons. The molecule has 0 saturated carbocycles. The van der Waals surface area contributed by atoms with E-state index in [2.05, 4.69) is 57.4 Å². The second-order valence-electron chi connectivity index (χ2n) is 4.54. The number of aromatic nitrogens is 5. The minimum absolute atomic E-state index is 0.793. The van der Waals surface area contributed by atoms with Gasteiger partial charge in [0.1, 0.15) is 24.1 Å². The van der Waals surface area contributed by atoms with Crippen molar-refractivity contribution in [3.8, 4) is 11.1 Å². The Labute approximate surface area is 133 Å². The van der Waals surface area contributed by atoms with E-state index < -0.39 is 0 Å². The molecule has 0 bridgehead atoms. The van der Waals surface area contributed by atoms with Crippen LogP contribution in [0.25, 0.3) is 33.1 Å². The number of hydrogen-bond acceptors (Lipinski definition) is 5. The van der Waals surface area contributed by atoms with Gasteiger partial charge in [0.05, 0.1) is 33.8 Å². The van der Waals surface area contributed by atoms with Crippen LogP contribution in [0.4, 0.5) is 5.82 Å². The Kier molecular flexibility index (Phi) is 2.92. The Bertz CT molecular complexity index is 948. The number of halogens is 1. The molecule has 0 amide bonds. The number of benzene rings is 1. The van der Waals surface area contributed by atoms with Gasteiger partial charge in [-0.25, -0.2) is 19.9 Å². The zero-order chi connectivity index (χ0) is 14.2. The standard InChI is InChI=1S/C14H9IN6/c15-21-14-12-10(5-17-13(12)19-7-20-14)8-1-2-11-9(3-8)4-16-6-18-11/h1-7H,(H2,17,19,20,21). The van der Waals surface area contributed by atoms with Gasteiger partial charge in [-0.15, -0.1) is 0 Å². The number of hydrogen-bond donors (Lipinski definition) is 2. The van der Waals surface area contributed by atoms with Crippen LogP contribution in [-0.4, -0.2) is 24.9 Å². The van der Waals surface area contributed by atoms with Crippen molar-refractivity contribution in [1.82, 2.24) is 24.9 Å². The maximum absolute atomic E-state index is 4.27. The average molecular weight is 388 g/mol. The summed E-state index contributed by atoms with van der Waals surface area (Å²) in [7, 11) is 0. The summed E-state index contributed by atoms with van der Waals surface area (Å²) in [6.45, 7) is 0. The Morgan fingerprint density at radius 2 is 2.05 bits per heavy atom. The van der Waals surface area contributed by atoms with Gasteiger partial charge < -0.3 is 8.51 Å². The predicted octanol–water partition coefficient (Wildman–Crippen LogP) is 3.33. The van der Waals surface area contributed by atoms with Crippen molar-refractivity contribution in [2.24, 2.45) is 0 Å². The van der Waals surface area contributed by atoms with Gasteiger partial charge in [0.25, 0.3) is 0 Å². The Hall–Kier alpha value is -2.29. The monoisotopic (exact) mass is 388 g/mol. The van der Waals surface area contributed by atoms with Gasteiger partial charge in [-0.2, -0.15) is 0 Å². The maximum atomic E-state index is 4.27. The number of H-pyrrole nitrogens is 1. The van der Waals surface area contributed by atoms with Crippen LogP contribution in [-0.2, 0) is 0 Å². The highest BCUT2D eigenvalue weighted by Gasteiger charge is 2.12. The third kappa shape index (κ3) is 2.00. The number of fused-ring (bicyclic) bond motifs is 2.